The number of aldehydes is 1. The number of ketones is 1. The van der Waals surface area contributed by atoms with Gasteiger partial charge in [0.1, 0.15) is 12.1 Å². The highest BCUT2D eigenvalue weighted by Crippen LogP contribution is 2.77. The minimum Gasteiger partial charge on any atom is -0.303 e. The molecule has 0 radical (unpaired) electrons. The summed E-state index contributed by atoms with van der Waals surface area (Å²) in [5.74, 6) is 3.34. The van der Waals surface area contributed by atoms with Gasteiger partial charge in [0.15, 0.2) is 0 Å². The minimum absolute atomic E-state index is 0.104. The number of Topliss-reactive ketones (excluding diaryl/α,β-unsaturated/α-hetero) is 1. The molecule has 0 bridgehead atoms. The van der Waals surface area contributed by atoms with E-state index in [2.05, 4.69) is 63.8 Å². The van der Waals surface area contributed by atoms with Gasteiger partial charge in [0.05, 0.1) is 0 Å². The molecular formula is C30H45IO2. The Bertz CT molecular complexity index is 877. The van der Waals surface area contributed by atoms with Crippen LogP contribution in [0.2, 0.25) is 0 Å². The molecule has 0 saturated heterocycles. The van der Waals surface area contributed by atoms with E-state index in [1.54, 1.807) is 0 Å². The molecular weight excluding hydrogens is 519 g/mol. The molecule has 0 aromatic carbocycles. The average molecular weight is 565 g/mol. The fourth-order valence-corrected chi connectivity index (χ4v) is 11.8. The van der Waals surface area contributed by atoms with Crippen LogP contribution < -0.4 is 0 Å². The lowest BCUT2D eigenvalue weighted by molar-refractivity contribution is -0.231. The van der Waals surface area contributed by atoms with Crippen LogP contribution in [0.25, 0.3) is 0 Å². The van der Waals surface area contributed by atoms with E-state index in [0.717, 1.165) is 36.5 Å². The van der Waals surface area contributed by atoms with Gasteiger partial charge < -0.3 is 4.79 Å². The lowest BCUT2D eigenvalue weighted by atomic mass is 9.32. The monoisotopic (exact) mass is 564 g/mol. The number of carbonyl (C=O) groups excluding carboxylic acids is 2. The minimum atomic E-state index is -0.181. The van der Waals surface area contributed by atoms with Crippen LogP contribution in [-0.4, -0.2) is 16.5 Å². The van der Waals surface area contributed by atoms with Gasteiger partial charge >= 0.3 is 0 Å². The van der Waals surface area contributed by atoms with Crippen molar-refractivity contribution < 1.29 is 9.59 Å². The fourth-order valence-electron chi connectivity index (χ4n) is 11.2. The molecule has 9 atom stereocenters. The van der Waals surface area contributed by atoms with Gasteiger partial charge in [-0.15, -0.1) is 0 Å². The molecule has 2 nitrogen and oxygen atoms in total. The first kappa shape index (κ1) is 24.5. The molecule has 0 heterocycles. The van der Waals surface area contributed by atoms with Gasteiger partial charge in [0.2, 0.25) is 0 Å². The predicted octanol–water partition coefficient (Wildman–Crippen LogP) is 7.83. The molecule has 0 aliphatic heterocycles. The number of fused-ring (bicyclic) bond motifs is 7. The van der Waals surface area contributed by atoms with Crippen LogP contribution in [0.15, 0.2) is 12.2 Å². The van der Waals surface area contributed by atoms with Gasteiger partial charge in [-0.25, -0.2) is 0 Å². The summed E-state index contributed by atoms with van der Waals surface area (Å²) in [4.78, 5) is 25.6. The quantitative estimate of drug-likeness (QED) is 0.152. The lowest BCUT2D eigenvalue weighted by Crippen LogP contribution is -2.66. The van der Waals surface area contributed by atoms with E-state index in [9.17, 15) is 9.59 Å². The lowest BCUT2D eigenvalue weighted by Gasteiger charge is -2.72. The Morgan fingerprint density at radius 3 is 2.33 bits per heavy atom. The second kappa shape index (κ2) is 7.65. The van der Waals surface area contributed by atoms with Crippen molar-refractivity contribution in [1.82, 2.24) is 0 Å². The topological polar surface area (TPSA) is 34.1 Å². The van der Waals surface area contributed by atoms with Crippen LogP contribution in [0.4, 0.5) is 0 Å². The van der Waals surface area contributed by atoms with Gasteiger partial charge in [0, 0.05) is 21.7 Å². The summed E-state index contributed by atoms with van der Waals surface area (Å²) in [7, 11) is 0. The molecule has 0 N–H and O–H groups in total. The van der Waals surface area contributed by atoms with Crippen LogP contribution in [0.3, 0.4) is 0 Å². The maximum Gasteiger partial charge on any atom is 0.138 e. The summed E-state index contributed by atoms with van der Waals surface area (Å²) in [6.07, 6.45) is 12.7. The van der Waals surface area contributed by atoms with E-state index in [1.807, 2.05) is 0 Å². The SMILES string of the molecule is C=C(CI)[C@@H]1CC[C@]2(C=O)CC[C@]3(C)[C@H](CC[C@@H]4[C@@]5(C)CCC(=O)C(C)(C)[C@@H]5CC[C@]43C)[C@@H]12. The van der Waals surface area contributed by atoms with Crippen molar-refractivity contribution in [1.29, 1.82) is 0 Å². The van der Waals surface area contributed by atoms with E-state index >= 15 is 0 Å². The van der Waals surface area contributed by atoms with E-state index in [4.69, 9.17) is 0 Å². The molecule has 33 heavy (non-hydrogen) atoms. The maximum absolute atomic E-state index is 12.9. The number of halogens is 1. The molecule has 5 saturated carbocycles. The van der Waals surface area contributed by atoms with Crippen LogP contribution in [0.5, 0.6) is 0 Å². The third kappa shape index (κ3) is 2.95. The van der Waals surface area contributed by atoms with Gasteiger partial charge in [-0.2, -0.15) is 0 Å². The van der Waals surface area contributed by atoms with E-state index in [-0.39, 0.29) is 21.7 Å². The Hall–Kier alpha value is -0.190. The van der Waals surface area contributed by atoms with Gasteiger partial charge in [-0.3, -0.25) is 4.79 Å². The van der Waals surface area contributed by atoms with E-state index < -0.39 is 0 Å². The molecule has 5 fully saturated rings. The Kier molecular flexibility index (Phi) is 5.68. The third-order valence-corrected chi connectivity index (χ3v) is 14.2. The Morgan fingerprint density at radius 1 is 0.939 bits per heavy atom. The van der Waals surface area contributed by atoms with Crippen molar-refractivity contribution in [3.63, 3.8) is 0 Å². The van der Waals surface area contributed by atoms with Crippen molar-refractivity contribution >= 4 is 34.7 Å². The zero-order valence-electron chi connectivity index (χ0n) is 21.6. The molecule has 0 unspecified atom stereocenters. The van der Waals surface area contributed by atoms with Gasteiger partial charge in [-0.1, -0.05) is 69.4 Å². The first-order valence-electron chi connectivity index (χ1n) is 13.6. The highest BCUT2D eigenvalue weighted by molar-refractivity contribution is 14.1. The van der Waals surface area contributed by atoms with Crippen molar-refractivity contribution in [3.8, 4) is 0 Å². The molecule has 0 aromatic rings. The summed E-state index contributed by atoms with van der Waals surface area (Å²) in [6, 6.07) is 0. The number of alkyl halides is 1. The number of carbonyl (C=O) groups is 2. The van der Waals surface area contributed by atoms with Gasteiger partial charge in [0.25, 0.3) is 0 Å². The number of rotatable bonds is 3. The first-order valence-corrected chi connectivity index (χ1v) is 15.2. The van der Waals surface area contributed by atoms with Crippen molar-refractivity contribution in [2.24, 2.45) is 56.7 Å². The van der Waals surface area contributed by atoms with Crippen LogP contribution in [0, 0.1) is 56.7 Å². The summed E-state index contributed by atoms with van der Waals surface area (Å²) in [6.45, 7) is 16.8. The molecule has 184 valence electrons. The number of hydrogen-bond donors (Lipinski definition) is 0. The molecule has 5 aliphatic rings. The van der Waals surface area contributed by atoms with E-state index in [1.165, 1.54) is 44.0 Å². The highest BCUT2D eigenvalue weighted by atomic mass is 127. The highest BCUT2D eigenvalue weighted by Gasteiger charge is 2.70. The average Bonchev–Trinajstić information content (AvgIpc) is 3.17. The van der Waals surface area contributed by atoms with Gasteiger partial charge in [-0.05, 0) is 104 Å². The van der Waals surface area contributed by atoms with E-state index in [0.29, 0.717) is 40.8 Å². The molecule has 0 spiro atoms. The largest absolute Gasteiger partial charge is 0.303 e. The van der Waals surface area contributed by atoms with Crippen LogP contribution in [-0.2, 0) is 9.59 Å². The third-order valence-electron chi connectivity index (χ3n) is 13.2. The Labute approximate surface area is 215 Å². The van der Waals surface area contributed by atoms with Crippen LogP contribution >= 0.6 is 22.6 Å². The summed E-state index contributed by atoms with van der Waals surface area (Å²) in [5, 5.41) is 0. The summed E-state index contributed by atoms with van der Waals surface area (Å²) < 4.78 is 1.01. The molecule has 3 heteroatoms. The normalized spacial score (nSPS) is 52.8. The summed E-state index contributed by atoms with van der Waals surface area (Å²) >= 11 is 2.48. The fraction of sp³-hybridized carbons (Fsp3) is 0.867. The second-order valence-electron chi connectivity index (χ2n) is 14.1. The standard InChI is InChI=1S/C30H45IO2/c1-19(17-31)20-9-14-30(18-32)16-15-28(5)21(25(20)30)7-8-23-27(4)12-11-24(33)26(2,3)22(27)10-13-29(23,28)6/h18,20-23,25H,1,7-17H2,2-6H3/t20-,21+,22-,23+,25+,27-,28+,29+,30+/m0/s1. The zero-order valence-corrected chi connectivity index (χ0v) is 23.8. The first-order chi connectivity index (χ1) is 15.4. The number of allylic oxidation sites excluding steroid dienone is 1. The summed E-state index contributed by atoms with van der Waals surface area (Å²) in [5.41, 5.74) is 1.93. The zero-order chi connectivity index (χ0) is 24.0. The predicted molar refractivity (Wildman–Crippen MR) is 143 cm³/mol. The second-order valence-corrected chi connectivity index (χ2v) is 14.9. The molecule has 5 rings (SSSR count). The van der Waals surface area contributed by atoms with Crippen LogP contribution in [0.1, 0.15) is 98.8 Å². The molecule has 5 aliphatic carbocycles. The Balaban J connectivity index is 1.56. The van der Waals surface area contributed by atoms with Crippen molar-refractivity contribution in [2.75, 3.05) is 4.43 Å². The molecule has 0 amide bonds. The smallest absolute Gasteiger partial charge is 0.138 e. The molecule has 0 aromatic heterocycles. The maximum atomic E-state index is 12.9. The number of hydrogen-bond acceptors (Lipinski definition) is 2. The van der Waals surface area contributed by atoms with Crippen molar-refractivity contribution in [2.45, 2.75) is 98.8 Å². The van der Waals surface area contributed by atoms with Crippen molar-refractivity contribution in [3.05, 3.63) is 12.2 Å². The Morgan fingerprint density at radius 2 is 1.67 bits per heavy atom.